The van der Waals surface area contributed by atoms with E-state index in [0.29, 0.717) is 0 Å². The van der Waals surface area contributed by atoms with Crippen molar-refractivity contribution in [1.82, 2.24) is 0 Å². The topological polar surface area (TPSA) is 40.1 Å². The first-order chi connectivity index (χ1) is 8.77. The van der Waals surface area contributed by atoms with Crippen LogP contribution >= 0.6 is 0 Å². The first-order valence-corrected chi connectivity index (χ1v) is 7.97. The number of carbonyl (C=O) groups is 1. The van der Waals surface area contributed by atoms with Gasteiger partial charge in [-0.25, -0.2) is 0 Å². The van der Waals surface area contributed by atoms with Crippen LogP contribution in [0.15, 0.2) is 0 Å². The van der Waals surface area contributed by atoms with Crippen LogP contribution in [0.1, 0.15) is 96.8 Å². The van der Waals surface area contributed by atoms with Crippen LogP contribution in [0.3, 0.4) is 0 Å². The summed E-state index contributed by atoms with van der Waals surface area (Å²) >= 11 is 0. The quantitative estimate of drug-likeness (QED) is 0.338. The van der Waals surface area contributed by atoms with Crippen molar-refractivity contribution in [2.24, 2.45) is 0 Å². The molecule has 124 valence electrons. The van der Waals surface area contributed by atoms with E-state index in [4.69, 9.17) is 0 Å². The largest absolute Gasteiger partial charge is 2.00 e. The fraction of sp³-hybridized carbons (Fsp3) is 0.938. The number of carbonyl (C=O) groups excluding carboxylic acids is 1. The zero-order valence-corrected chi connectivity index (χ0v) is 14.8. The van der Waals surface area contributed by atoms with Gasteiger partial charge in [0.15, 0.2) is 0 Å². The molecule has 0 fully saturated rings. The van der Waals surface area contributed by atoms with Gasteiger partial charge in [0, 0.05) is 5.97 Å². The second kappa shape index (κ2) is 21.7. The van der Waals surface area contributed by atoms with Crippen molar-refractivity contribution in [3.8, 4) is 0 Å². The molecule has 0 unspecified atom stereocenters. The van der Waals surface area contributed by atoms with E-state index in [9.17, 15) is 9.90 Å². The van der Waals surface area contributed by atoms with Crippen molar-refractivity contribution >= 4 is 5.97 Å². The summed E-state index contributed by atoms with van der Waals surface area (Å²) in [6.45, 7) is 2.26. The van der Waals surface area contributed by atoms with E-state index < -0.39 is 5.97 Å². The maximum atomic E-state index is 10.2. The predicted octanol–water partition coefficient (Wildman–Crippen LogP) is 4.21. The summed E-state index contributed by atoms with van der Waals surface area (Å²) in [5.41, 5.74) is 0. The summed E-state index contributed by atoms with van der Waals surface area (Å²) in [6, 6.07) is 0. The van der Waals surface area contributed by atoms with Crippen molar-refractivity contribution in [2.45, 2.75) is 96.8 Å². The molecule has 0 aliphatic carbocycles. The minimum Gasteiger partial charge on any atom is -0.550 e. The fourth-order valence-corrected chi connectivity index (χ4v) is 2.29. The Labute approximate surface area is 145 Å². The third-order valence-corrected chi connectivity index (χ3v) is 3.48. The summed E-state index contributed by atoms with van der Waals surface area (Å²) in [5, 5.41) is 10.2. The van der Waals surface area contributed by atoms with Gasteiger partial charge < -0.3 is 9.90 Å². The van der Waals surface area contributed by atoms with Crippen molar-refractivity contribution < 1.29 is 42.9 Å². The second-order valence-electron chi connectivity index (χ2n) is 5.36. The normalized spacial score (nSPS) is 9.65. The van der Waals surface area contributed by atoms with Crippen LogP contribution in [-0.4, -0.2) is 5.97 Å². The number of unbranched alkanes of at least 4 members (excludes halogenated alkanes) is 12. The molecule has 0 aliphatic heterocycles. The number of hydrogen-bond acceptors (Lipinski definition) is 2. The van der Waals surface area contributed by atoms with Gasteiger partial charge in [-0.1, -0.05) is 84.0 Å². The second-order valence-corrected chi connectivity index (χ2v) is 5.36. The Morgan fingerprint density at radius 1 is 0.650 bits per heavy atom. The zero-order valence-electron chi connectivity index (χ0n) is 12.8. The van der Waals surface area contributed by atoms with Crippen LogP contribution in [-0.2, 0) is 37.8 Å². The van der Waals surface area contributed by atoms with Crippen LogP contribution in [0, 0.1) is 0 Å². The maximum absolute atomic E-state index is 10.2. The Hall–Kier alpha value is 0.457. The summed E-state index contributed by atoms with van der Waals surface area (Å²) in [4.78, 5) is 10.2. The molecule has 0 N–H and O–H groups in total. The first-order valence-electron chi connectivity index (χ1n) is 7.97. The molecule has 0 aromatic rings. The number of carboxylic acid groups (broad SMARTS) is 1. The first kappa shape index (κ1) is 25.4. The van der Waals surface area contributed by atoms with Gasteiger partial charge >= 0.3 is 33.0 Å². The van der Waals surface area contributed by atoms with E-state index >= 15 is 0 Å². The van der Waals surface area contributed by atoms with Crippen LogP contribution in [0.5, 0.6) is 0 Å². The van der Waals surface area contributed by atoms with Gasteiger partial charge in [0.2, 0.25) is 0 Å². The third kappa shape index (κ3) is 23.5. The van der Waals surface area contributed by atoms with Crippen molar-refractivity contribution in [2.75, 3.05) is 0 Å². The minimum atomic E-state index is -0.905. The molecule has 0 aromatic carbocycles. The summed E-state index contributed by atoms with van der Waals surface area (Å²) in [6.07, 6.45) is 16.9. The van der Waals surface area contributed by atoms with Crippen molar-refractivity contribution in [3.63, 3.8) is 0 Å². The molecule has 0 heterocycles. The molecule has 0 aromatic heterocycles. The van der Waals surface area contributed by atoms with Gasteiger partial charge in [-0.15, -0.1) is 0 Å². The summed E-state index contributed by atoms with van der Waals surface area (Å²) in [5.74, 6) is -0.905. The van der Waals surface area contributed by atoms with Crippen LogP contribution in [0.2, 0.25) is 0 Å². The molecule has 4 heteroatoms. The average molecular weight is 373 g/mol. The number of aliphatic carboxylic acids is 1. The summed E-state index contributed by atoms with van der Waals surface area (Å²) < 4.78 is 0. The predicted molar refractivity (Wildman–Crippen MR) is 75.3 cm³/mol. The van der Waals surface area contributed by atoms with Gasteiger partial charge in [0.05, 0.1) is 0 Å². The molecule has 0 spiro atoms. The van der Waals surface area contributed by atoms with E-state index in [-0.39, 0.29) is 39.4 Å². The van der Waals surface area contributed by atoms with E-state index in [1.165, 1.54) is 70.6 Å². The summed E-state index contributed by atoms with van der Waals surface area (Å²) in [7, 11) is 0. The molecule has 0 atom stereocenters. The van der Waals surface area contributed by atoms with Crippen LogP contribution in [0.25, 0.3) is 0 Å². The number of rotatable bonds is 14. The standard InChI is InChI=1S/C16H32O2.2Ni/c1-2-3-4-5-6-7-8-9-10-11-12-13-14-15-16(17)18;;/h2-15H2,1H3,(H,17,18);;/q;2*+2/p-1. The Balaban J connectivity index is -0.00000144. The Morgan fingerprint density at radius 3 is 1.25 bits per heavy atom. The third-order valence-electron chi connectivity index (χ3n) is 3.48. The van der Waals surface area contributed by atoms with Gasteiger partial charge in [0.25, 0.3) is 0 Å². The molecule has 0 saturated carbocycles. The molecule has 0 bridgehead atoms. The number of hydrogen-bond donors (Lipinski definition) is 0. The Bertz CT molecular complexity index is 187. The van der Waals surface area contributed by atoms with Gasteiger partial charge in [0.1, 0.15) is 0 Å². The molecule has 2 nitrogen and oxygen atoms in total. The monoisotopic (exact) mass is 371 g/mol. The SMILES string of the molecule is CCCCCCCCCCCCCCCC(=O)[O-].[Ni+2].[Ni+2]. The van der Waals surface area contributed by atoms with Gasteiger partial charge in [-0.05, 0) is 12.8 Å². The van der Waals surface area contributed by atoms with Crippen LogP contribution in [0.4, 0.5) is 0 Å². The van der Waals surface area contributed by atoms with Crippen LogP contribution < -0.4 is 5.11 Å². The maximum Gasteiger partial charge on any atom is 2.00 e. The van der Waals surface area contributed by atoms with E-state index in [1.54, 1.807) is 0 Å². The van der Waals surface area contributed by atoms with Crippen molar-refractivity contribution in [3.05, 3.63) is 0 Å². The van der Waals surface area contributed by atoms with Gasteiger partial charge in [-0.3, -0.25) is 0 Å². The molecular weight excluding hydrogens is 342 g/mol. The number of carboxylic acids is 1. The smallest absolute Gasteiger partial charge is 0.550 e. The molecule has 0 amide bonds. The van der Waals surface area contributed by atoms with Gasteiger partial charge in [-0.2, -0.15) is 0 Å². The Kier molecular flexibility index (Phi) is 27.6. The minimum absolute atomic E-state index is 0. The van der Waals surface area contributed by atoms with E-state index in [1.807, 2.05) is 0 Å². The molecule has 0 aliphatic rings. The molecular formula is C16H31Ni2O2+3. The van der Waals surface area contributed by atoms with E-state index in [2.05, 4.69) is 6.92 Å². The average Bonchev–Trinajstić information content (AvgIpc) is 2.34. The van der Waals surface area contributed by atoms with E-state index in [0.717, 1.165) is 12.8 Å². The Morgan fingerprint density at radius 2 is 0.950 bits per heavy atom. The molecule has 0 rings (SSSR count). The van der Waals surface area contributed by atoms with Crippen molar-refractivity contribution in [1.29, 1.82) is 0 Å². The zero-order chi connectivity index (χ0) is 13.5. The molecule has 0 saturated heterocycles. The molecule has 20 heavy (non-hydrogen) atoms. The molecule has 0 radical (unpaired) electrons. The fourth-order valence-electron chi connectivity index (χ4n) is 2.29.